The monoisotopic (exact) mass is 238 g/mol. The van der Waals surface area contributed by atoms with Gasteiger partial charge in [0.2, 0.25) is 0 Å². The fourth-order valence-electron chi connectivity index (χ4n) is 2.41. The third kappa shape index (κ3) is 1.71. The largest absolute Gasteiger partial charge is 0.456 e. The van der Waals surface area contributed by atoms with Gasteiger partial charge in [-0.1, -0.05) is 45.0 Å². The zero-order valence-electron chi connectivity index (χ0n) is 11.1. The Bertz CT molecular complexity index is 691. The molecular formula is C17H18O. The van der Waals surface area contributed by atoms with Crippen molar-refractivity contribution in [3.05, 3.63) is 48.0 Å². The molecule has 0 saturated carbocycles. The predicted octanol–water partition coefficient (Wildman–Crippen LogP) is 5.35. The SMILES string of the molecule is CC(C)C(C)c1ccc2oc3ccccc3c2c1. The second-order valence-corrected chi connectivity index (χ2v) is 5.39. The highest BCUT2D eigenvalue weighted by atomic mass is 16.3. The van der Waals surface area contributed by atoms with Gasteiger partial charge in [0.1, 0.15) is 11.2 Å². The lowest BCUT2D eigenvalue weighted by Gasteiger charge is -2.15. The van der Waals surface area contributed by atoms with Crippen molar-refractivity contribution in [1.82, 2.24) is 0 Å². The van der Waals surface area contributed by atoms with Crippen molar-refractivity contribution in [2.45, 2.75) is 26.7 Å². The Labute approximate surface area is 107 Å². The molecule has 1 aromatic heterocycles. The van der Waals surface area contributed by atoms with Crippen LogP contribution in [0.4, 0.5) is 0 Å². The van der Waals surface area contributed by atoms with Gasteiger partial charge in [0.15, 0.2) is 0 Å². The van der Waals surface area contributed by atoms with Crippen molar-refractivity contribution in [2.75, 3.05) is 0 Å². The number of fused-ring (bicyclic) bond motifs is 3. The summed E-state index contributed by atoms with van der Waals surface area (Å²) in [6, 6.07) is 14.8. The fourth-order valence-corrected chi connectivity index (χ4v) is 2.41. The van der Waals surface area contributed by atoms with Gasteiger partial charge in [-0.25, -0.2) is 0 Å². The normalized spacial score (nSPS) is 13.6. The van der Waals surface area contributed by atoms with Crippen LogP contribution in [0.2, 0.25) is 0 Å². The molecule has 1 unspecified atom stereocenters. The van der Waals surface area contributed by atoms with E-state index in [1.54, 1.807) is 0 Å². The van der Waals surface area contributed by atoms with Gasteiger partial charge in [0, 0.05) is 10.8 Å². The lowest BCUT2D eigenvalue weighted by Crippen LogP contribution is -2.01. The van der Waals surface area contributed by atoms with Crippen molar-refractivity contribution in [1.29, 1.82) is 0 Å². The summed E-state index contributed by atoms with van der Waals surface area (Å²) in [5.41, 5.74) is 3.35. The van der Waals surface area contributed by atoms with E-state index in [0.29, 0.717) is 11.8 Å². The Morgan fingerprint density at radius 2 is 1.56 bits per heavy atom. The minimum absolute atomic E-state index is 0.572. The molecule has 0 amide bonds. The first-order valence-electron chi connectivity index (χ1n) is 6.58. The van der Waals surface area contributed by atoms with E-state index in [1.165, 1.54) is 16.3 Å². The molecule has 0 aliphatic rings. The number of hydrogen-bond acceptors (Lipinski definition) is 1. The molecule has 3 aromatic rings. The Balaban J connectivity index is 2.24. The van der Waals surface area contributed by atoms with Crippen molar-refractivity contribution >= 4 is 21.9 Å². The van der Waals surface area contributed by atoms with Gasteiger partial charge < -0.3 is 4.42 Å². The number of furan rings is 1. The molecule has 1 nitrogen and oxygen atoms in total. The zero-order valence-corrected chi connectivity index (χ0v) is 11.1. The lowest BCUT2D eigenvalue weighted by atomic mass is 9.89. The molecule has 1 atom stereocenters. The summed E-state index contributed by atoms with van der Waals surface area (Å²) in [5.74, 6) is 1.23. The molecule has 1 heterocycles. The standard InChI is InChI=1S/C17H18O/c1-11(2)12(3)13-8-9-17-15(10-13)14-6-4-5-7-16(14)18-17/h4-12H,1-3H3. The van der Waals surface area contributed by atoms with Gasteiger partial charge in [-0.3, -0.25) is 0 Å². The van der Waals surface area contributed by atoms with E-state index in [2.05, 4.69) is 51.1 Å². The second kappa shape index (κ2) is 4.16. The van der Waals surface area contributed by atoms with E-state index >= 15 is 0 Å². The average Bonchev–Trinajstić information content (AvgIpc) is 2.75. The first-order chi connectivity index (χ1) is 8.66. The molecular weight excluding hydrogens is 220 g/mol. The molecule has 18 heavy (non-hydrogen) atoms. The smallest absolute Gasteiger partial charge is 0.135 e. The van der Waals surface area contributed by atoms with Crippen LogP contribution in [0.15, 0.2) is 46.9 Å². The summed E-state index contributed by atoms with van der Waals surface area (Å²) < 4.78 is 5.85. The molecule has 2 aromatic carbocycles. The van der Waals surface area contributed by atoms with Gasteiger partial charge >= 0.3 is 0 Å². The Hall–Kier alpha value is -1.76. The third-order valence-corrected chi connectivity index (χ3v) is 3.93. The van der Waals surface area contributed by atoms with Crippen LogP contribution in [-0.4, -0.2) is 0 Å². The average molecular weight is 238 g/mol. The molecule has 0 saturated heterocycles. The molecule has 0 aliphatic carbocycles. The maximum atomic E-state index is 5.85. The highest BCUT2D eigenvalue weighted by Crippen LogP contribution is 2.32. The molecule has 0 N–H and O–H groups in total. The molecule has 0 radical (unpaired) electrons. The van der Waals surface area contributed by atoms with Gasteiger partial charge in [-0.15, -0.1) is 0 Å². The molecule has 0 fully saturated rings. The lowest BCUT2D eigenvalue weighted by molar-refractivity contribution is 0.535. The van der Waals surface area contributed by atoms with E-state index in [1.807, 2.05) is 12.1 Å². The third-order valence-electron chi connectivity index (χ3n) is 3.93. The molecule has 92 valence electrons. The van der Waals surface area contributed by atoms with Crippen LogP contribution in [0.5, 0.6) is 0 Å². The topological polar surface area (TPSA) is 13.1 Å². The van der Waals surface area contributed by atoms with E-state index in [-0.39, 0.29) is 0 Å². The van der Waals surface area contributed by atoms with Gasteiger partial charge in [-0.05, 0) is 35.6 Å². The molecule has 0 aliphatic heterocycles. The van der Waals surface area contributed by atoms with Gasteiger partial charge in [-0.2, -0.15) is 0 Å². The summed E-state index contributed by atoms with van der Waals surface area (Å²) in [5, 5.41) is 2.45. The van der Waals surface area contributed by atoms with E-state index in [9.17, 15) is 0 Å². The van der Waals surface area contributed by atoms with E-state index in [4.69, 9.17) is 4.42 Å². The number of hydrogen-bond donors (Lipinski definition) is 0. The number of rotatable bonds is 2. The molecule has 1 heteroatoms. The van der Waals surface area contributed by atoms with Crippen molar-refractivity contribution < 1.29 is 4.42 Å². The van der Waals surface area contributed by atoms with Crippen LogP contribution in [0.25, 0.3) is 21.9 Å². The van der Waals surface area contributed by atoms with Crippen molar-refractivity contribution in [3.63, 3.8) is 0 Å². The van der Waals surface area contributed by atoms with Crippen LogP contribution in [0.3, 0.4) is 0 Å². The maximum absolute atomic E-state index is 5.85. The van der Waals surface area contributed by atoms with E-state index in [0.717, 1.165) is 11.2 Å². The zero-order chi connectivity index (χ0) is 12.7. The van der Waals surface area contributed by atoms with Crippen LogP contribution in [0.1, 0.15) is 32.3 Å². The maximum Gasteiger partial charge on any atom is 0.135 e. The van der Waals surface area contributed by atoms with Gasteiger partial charge in [0.25, 0.3) is 0 Å². The Kier molecular flexibility index (Phi) is 2.62. The number of para-hydroxylation sites is 1. The summed E-state index contributed by atoms with van der Waals surface area (Å²) in [6.45, 7) is 6.82. The molecule has 0 bridgehead atoms. The van der Waals surface area contributed by atoms with Gasteiger partial charge in [0.05, 0.1) is 0 Å². The minimum Gasteiger partial charge on any atom is -0.456 e. The Morgan fingerprint density at radius 3 is 2.33 bits per heavy atom. The van der Waals surface area contributed by atoms with Crippen LogP contribution in [-0.2, 0) is 0 Å². The second-order valence-electron chi connectivity index (χ2n) is 5.39. The predicted molar refractivity (Wildman–Crippen MR) is 77.0 cm³/mol. The fraction of sp³-hybridized carbons (Fsp3) is 0.294. The summed E-state index contributed by atoms with van der Waals surface area (Å²) in [6.07, 6.45) is 0. The summed E-state index contributed by atoms with van der Waals surface area (Å²) in [7, 11) is 0. The highest BCUT2D eigenvalue weighted by Gasteiger charge is 2.12. The first-order valence-corrected chi connectivity index (χ1v) is 6.58. The highest BCUT2D eigenvalue weighted by molar-refractivity contribution is 6.05. The summed E-state index contributed by atoms with van der Waals surface area (Å²) in [4.78, 5) is 0. The van der Waals surface area contributed by atoms with Crippen molar-refractivity contribution in [2.24, 2.45) is 5.92 Å². The van der Waals surface area contributed by atoms with Crippen LogP contribution in [0, 0.1) is 5.92 Å². The molecule has 3 rings (SSSR count). The molecule has 0 spiro atoms. The van der Waals surface area contributed by atoms with Crippen LogP contribution < -0.4 is 0 Å². The quantitative estimate of drug-likeness (QED) is 0.587. The summed E-state index contributed by atoms with van der Waals surface area (Å²) >= 11 is 0. The van der Waals surface area contributed by atoms with E-state index < -0.39 is 0 Å². The number of benzene rings is 2. The van der Waals surface area contributed by atoms with Crippen LogP contribution >= 0.6 is 0 Å². The Morgan fingerprint density at radius 1 is 0.833 bits per heavy atom. The first kappa shape index (κ1) is 11.3. The van der Waals surface area contributed by atoms with Crippen molar-refractivity contribution in [3.8, 4) is 0 Å². The minimum atomic E-state index is 0.572.